The van der Waals surface area contributed by atoms with E-state index in [1.165, 1.54) is 11.6 Å². The van der Waals surface area contributed by atoms with Crippen molar-refractivity contribution < 1.29 is 9.13 Å². The molecule has 0 fully saturated rings. The Kier molecular flexibility index (Phi) is 9.91. The van der Waals surface area contributed by atoms with Gasteiger partial charge in [-0.3, -0.25) is 4.99 Å². The van der Waals surface area contributed by atoms with Crippen molar-refractivity contribution in [2.45, 2.75) is 12.8 Å². The molecule has 0 spiro atoms. The maximum atomic E-state index is 13.6. The molecule has 6 heteroatoms. The number of halogens is 2. The number of nitrogens with one attached hydrogen (secondary N) is 2. The summed E-state index contributed by atoms with van der Waals surface area (Å²) in [5.41, 5.74) is 1.90. The van der Waals surface area contributed by atoms with E-state index in [2.05, 4.69) is 21.7 Å². The van der Waals surface area contributed by atoms with Crippen LogP contribution >= 0.6 is 24.0 Å². The van der Waals surface area contributed by atoms with Crippen LogP contribution in [0.3, 0.4) is 0 Å². The summed E-state index contributed by atoms with van der Waals surface area (Å²) in [5.74, 6) is 1.41. The quantitative estimate of drug-likeness (QED) is 0.381. The average Bonchev–Trinajstić information content (AvgIpc) is 2.62. The van der Waals surface area contributed by atoms with Crippen molar-refractivity contribution in [1.82, 2.24) is 10.6 Å². The van der Waals surface area contributed by atoms with Gasteiger partial charge >= 0.3 is 0 Å². The second-order valence-corrected chi connectivity index (χ2v) is 5.37. The first-order valence-corrected chi connectivity index (χ1v) is 8.04. The molecule has 0 heterocycles. The Morgan fingerprint density at radius 2 is 1.76 bits per heavy atom. The van der Waals surface area contributed by atoms with Crippen LogP contribution in [0, 0.1) is 5.82 Å². The summed E-state index contributed by atoms with van der Waals surface area (Å²) in [6.45, 7) is 1.38. The Balaban J connectivity index is 0.00000312. The molecule has 0 amide bonds. The highest BCUT2D eigenvalue weighted by molar-refractivity contribution is 14.0. The topological polar surface area (TPSA) is 45.7 Å². The number of rotatable bonds is 7. The monoisotopic (exact) mass is 457 g/mol. The van der Waals surface area contributed by atoms with Gasteiger partial charge in [-0.15, -0.1) is 24.0 Å². The highest BCUT2D eigenvalue weighted by Crippen LogP contribution is 2.12. The molecule has 0 aliphatic heterocycles. The first-order chi connectivity index (χ1) is 11.7. The molecule has 25 heavy (non-hydrogen) atoms. The predicted molar refractivity (Wildman–Crippen MR) is 112 cm³/mol. The van der Waals surface area contributed by atoms with Crippen LogP contribution in [0.5, 0.6) is 5.75 Å². The summed E-state index contributed by atoms with van der Waals surface area (Å²) < 4.78 is 18.8. The Labute approximate surface area is 165 Å². The third-order valence-electron chi connectivity index (χ3n) is 3.71. The van der Waals surface area contributed by atoms with Gasteiger partial charge in [0.1, 0.15) is 11.6 Å². The van der Waals surface area contributed by atoms with Crippen LogP contribution in [-0.2, 0) is 12.8 Å². The zero-order valence-corrected chi connectivity index (χ0v) is 16.9. The summed E-state index contributed by atoms with van der Waals surface area (Å²) in [4.78, 5) is 4.18. The molecule has 2 rings (SSSR count). The van der Waals surface area contributed by atoms with E-state index in [4.69, 9.17) is 4.74 Å². The number of hydrogen-bond donors (Lipinski definition) is 2. The van der Waals surface area contributed by atoms with Gasteiger partial charge in [-0.2, -0.15) is 0 Å². The lowest BCUT2D eigenvalue weighted by atomic mass is 10.1. The lowest BCUT2D eigenvalue weighted by Gasteiger charge is -2.12. The molecule has 0 atom stereocenters. The second-order valence-electron chi connectivity index (χ2n) is 5.37. The maximum absolute atomic E-state index is 13.6. The van der Waals surface area contributed by atoms with Crippen molar-refractivity contribution >= 4 is 29.9 Å². The van der Waals surface area contributed by atoms with Gasteiger partial charge in [-0.05, 0) is 42.2 Å². The van der Waals surface area contributed by atoms with Gasteiger partial charge in [0.2, 0.25) is 0 Å². The summed E-state index contributed by atoms with van der Waals surface area (Å²) in [7, 11) is 3.39. The fourth-order valence-corrected chi connectivity index (χ4v) is 2.39. The van der Waals surface area contributed by atoms with Crippen LogP contribution in [0.4, 0.5) is 4.39 Å². The molecule has 2 N–H and O–H groups in total. The first-order valence-electron chi connectivity index (χ1n) is 8.04. The predicted octanol–water partition coefficient (Wildman–Crippen LogP) is 3.40. The van der Waals surface area contributed by atoms with Gasteiger partial charge in [0.25, 0.3) is 0 Å². The van der Waals surface area contributed by atoms with E-state index < -0.39 is 0 Å². The van der Waals surface area contributed by atoms with Gasteiger partial charge in [0.05, 0.1) is 7.11 Å². The van der Waals surface area contributed by atoms with Crippen molar-refractivity contribution in [3.05, 3.63) is 65.5 Å². The lowest BCUT2D eigenvalue weighted by Crippen LogP contribution is -2.39. The summed E-state index contributed by atoms with van der Waals surface area (Å²) in [5, 5.41) is 6.46. The van der Waals surface area contributed by atoms with Crippen LogP contribution in [-0.4, -0.2) is 33.2 Å². The SMILES string of the molecule is CN=C(NCCc1cccc(OC)c1)NCCc1ccccc1F.I. The van der Waals surface area contributed by atoms with E-state index in [0.717, 1.165) is 18.7 Å². The lowest BCUT2D eigenvalue weighted by molar-refractivity contribution is 0.414. The van der Waals surface area contributed by atoms with Crippen molar-refractivity contribution in [2.24, 2.45) is 4.99 Å². The second kappa shape index (κ2) is 11.7. The van der Waals surface area contributed by atoms with Gasteiger partial charge in [0.15, 0.2) is 5.96 Å². The number of nitrogens with zero attached hydrogens (tertiary/aromatic N) is 1. The molecular formula is C19H25FIN3O. The van der Waals surface area contributed by atoms with E-state index in [1.807, 2.05) is 24.3 Å². The van der Waals surface area contributed by atoms with Gasteiger partial charge in [-0.25, -0.2) is 4.39 Å². The minimum atomic E-state index is -0.166. The minimum Gasteiger partial charge on any atom is -0.497 e. The molecule has 0 radical (unpaired) electrons. The normalized spacial score (nSPS) is 10.8. The van der Waals surface area contributed by atoms with Crippen LogP contribution in [0.15, 0.2) is 53.5 Å². The van der Waals surface area contributed by atoms with Gasteiger partial charge < -0.3 is 15.4 Å². The van der Waals surface area contributed by atoms with Crippen molar-refractivity contribution in [3.63, 3.8) is 0 Å². The van der Waals surface area contributed by atoms with Gasteiger partial charge in [-0.1, -0.05) is 30.3 Å². The number of methoxy groups -OCH3 is 1. The van der Waals surface area contributed by atoms with E-state index in [-0.39, 0.29) is 29.8 Å². The Hall–Kier alpha value is -1.83. The standard InChI is InChI=1S/C19H24FN3O.HI/c1-21-19(23-13-11-16-7-3-4-9-18(16)20)22-12-10-15-6-5-8-17(14-15)24-2;/h3-9,14H,10-13H2,1-2H3,(H2,21,22,23);1H. The van der Waals surface area contributed by atoms with Crippen molar-refractivity contribution in [1.29, 1.82) is 0 Å². The molecule has 0 saturated carbocycles. The van der Waals surface area contributed by atoms with Crippen LogP contribution < -0.4 is 15.4 Å². The highest BCUT2D eigenvalue weighted by atomic mass is 127. The fraction of sp³-hybridized carbons (Fsp3) is 0.316. The Bertz CT molecular complexity index is 679. The van der Waals surface area contributed by atoms with E-state index in [0.29, 0.717) is 24.5 Å². The molecule has 0 saturated heterocycles. The van der Waals surface area contributed by atoms with Crippen molar-refractivity contribution in [2.75, 3.05) is 27.2 Å². The minimum absolute atomic E-state index is 0. The van der Waals surface area contributed by atoms with E-state index >= 15 is 0 Å². The largest absolute Gasteiger partial charge is 0.497 e. The molecule has 0 aliphatic rings. The van der Waals surface area contributed by atoms with Gasteiger partial charge in [0, 0.05) is 20.1 Å². The molecule has 0 aromatic heterocycles. The Morgan fingerprint density at radius 3 is 2.44 bits per heavy atom. The third kappa shape index (κ3) is 7.29. The average molecular weight is 457 g/mol. The van der Waals surface area contributed by atoms with Crippen LogP contribution in [0.2, 0.25) is 0 Å². The Morgan fingerprint density at radius 1 is 1.04 bits per heavy atom. The number of aliphatic imine (C=N–C) groups is 1. The molecule has 136 valence electrons. The smallest absolute Gasteiger partial charge is 0.190 e. The van der Waals surface area contributed by atoms with Crippen molar-refractivity contribution in [3.8, 4) is 5.75 Å². The number of hydrogen-bond acceptors (Lipinski definition) is 2. The first kappa shape index (κ1) is 21.2. The van der Waals surface area contributed by atoms with E-state index in [1.54, 1.807) is 26.3 Å². The molecule has 4 nitrogen and oxygen atoms in total. The fourth-order valence-electron chi connectivity index (χ4n) is 2.39. The van der Waals surface area contributed by atoms with Crippen LogP contribution in [0.25, 0.3) is 0 Å². The summed E-state index contributed by atoms with van der Waals surface area (Å²) >= 11 is 0. The molecule has 2 aromatic rings. The number of guanidine groups is 1. The zero-order valence-electron chi connectivity index (χ0n) is 14.6. The third-order valence-corrected chi connectivity index (χ3v) is 3.71. The summed E-state index contributed by atoms with van der Waals surface area (Å²) in [6, 6.07) is 14.8. The van der Waals surface area contributed by atoms with E-state index in [9.17, 15) is 4.39 Å². The maximum Gasteiger partial charge on any atom is 0.190 e. The summed E-state index contributed by atoms with van der Waals surface area (Å²) in [6.07, 6.45) is 1.48. The number of benzene rings is 2. The highest BCUT2D eigenvalue weighted by Gasteiger charge is 2.02. The molecule has 0 bridgehead atoms. The zero-order chi connectivity index (χ0) is 17.2. The molecule has 0 aliphatic carbocycles. The molecular weight excluding hydrogens is 432 g/mol. The van der Waals surface area contributed by atoms with Crippen LogP contribution in [0.1, 0.15) is 11.1 Å². The molecule has 2 aromatic carbocycles. The molecule has 0 unspecified atom stereocenters. The number of ether oxygens (including phenoxy) is 1.